The molecular formula is C22H22N2O5S. The van der Waals surface area contributed by atoms with E-state index in [1.54, 1.807) is 30.3 Å². The van der Waals surface area contributed by atoms with E-state index < -0.39 is 17.1 Å². The molecule has 0 bridgehead atoms. The number of hydrogen-bond donors (Lipinski definition) is 1. The molecule has 7 nitrogen and oxygen atoms in total. The molecular weight excluding hydrogens is 404 g/mol. The Labute approximate surface area is 179 Å². The molecule has 2 aromatic rings. The van der Waals surface area contributed by atoms with Crippen molar-refractivity contribution in [3.05, 3.63) is 59.0 Å². The fourth-order valence-corrected chi connectivity index (χ4v) is 3.59. The first-order valence-electron chi connectivity index (χ1n) is 9.43. The Bertz CT molecular complexity index is 972. The maximum Gasteiger partial charge on any atom is 0.294 e. The van der Waals surface area contributed by atoms with Crippen molar-refractivity contribution in [3.63, 3.8) is 0 Å². The van der Waals surface area contributed by atoms with Gasteiger partial charge in [-0.1, -0.05) is 31.2 Å². The van der Waals surface area contributed by atoms with Gasteiger partial charge in [0, 0.05) is 0 Å². The highest BCUT2D eigenvalue weighted by atomic mass is 32.2. The van der Waals surface area contributed by atoms with Gasteiger partial charge >= 0.3 is 0 Å². The lowest BCUT2D eigenvalue weighted by molar-refractivity contribution is -0.127. The number of benzene rings is 2. The van der Waals surface area contributed by atoms with Gasteiger partial charge in [0.1, 0.15) is 18.0 Å². The first-order chi connectivity index (χ1) is 14.5. The topological polar surface area (TPSA) is 84.9 Å². The third kappa shape index (κ3) is 5.21. The van der Waals surface area contributed by atoms with E-state index in [2.05, 4.69) is 5.32 Å². The van der Waals surface area contributed by atoms with Crippen LogP contribution in [0.1, 0.15) is 18.9 Å². The summed E-state index contributed by atoms with van der Waals surface area (Å²) in [5.41, 5.74) is 1.24. The third-order valence-corrected chi connectivity index (χ3v) is 5.11. The molecule has 0 aliphatic carbocycles. The van der Waals surface area contributed by atoms with Crippen molar-refractivity contribution in [2.24, 2.45) is 0 Å². The van der Waals surface area contributed by atoms with Gasteiger partial charge in [0.2, 0.25) is 5.91 Å². The van der Waals surface area contributed by atoms with E-state index in [0.29, 0.717) is 18.0 Å². The Kier molecular flexibility index (Phi) is 7.13. The van der Waals surface area contributed by atoms with Crippen LogP contribution < -0.4 is 14.8 Å². The van der Waals surface area contributed by atoms with Gasteiger partial charge in [-0.15, -0.1) is 0 Å². The Hall–Kier alpha value is -3.26. The molecule has 1 N–H and O–H groups in total. The minimum absolute atomic E-state index is 0.271. The van der Waals surface area contributed by atoms with Crippen molar-refractivity contribution in [1.82, 2.24) is 4.90 Å². The van der Waals surface area contributed by atoms with Gasteiger partial charge in [0.05, 0.1) is 24.3 Å². The number of amides is 3. The van der Waals surface area contributed by atoms with E-state index >= 15 is 0 Å². The second-order valence-electron chi connectivity index (χ2n) is 6.43. The fourth-order valence-electron chi connectivity index (χ4n) is 2.75. The van der Waals surface area contributed by atoms with Crippen LogP contribution in [0.15, 0.2) is 53.4 Å². The second kappa shape index (κ2) is 9.98. The molecule has 3 amide bonds. The van der Waals surface area contributed by atoms with Crippen LogP contribution in [-0.2, 0) is 9.59 Å². The van der Waals surface area contributed by atoms with Gasteiger partial charge in [-0.05, 0) is 54.1 Å². The molecule has 8 heteroatoms. The van der Waals surface area contributed by atoms with E-state index in [0.717, 1.165) is 34.4 Å². The molecule has 2 aromatic carbocycles. The molecule has 1 saturated heterocycles. The quantitative estimate of drug-likeness (QED) is 0.638. The van der Waals surface area contributed by atoms with Crippen LogP contribution >= 0.6 is 11.8 Å². The number of thioether (sulfide) groups is 1. The number of carbonyl (C=O) groups excluding carboxylic acids is 3. The highest BCUT2D eigenvalue weighted by Gasteiger charge is 2.36. The van der Waals surface area contributed by atoms with Crippen LogP contribution in [0, 0.1) is 0 Å². The first kappa shape index (κ1) is 21.4. The summed E-state index contributed by atoms with van der Waals surface area (Å²) in [7, 11) is 1.49. The summed E-state index contributed by atoms with van der Waals surface area (Å²) in [5, 5.41) is 2.18. The summed E-state index contributed by atoms with van der Waals surface area (Å²) >= 11 is 0.813. The maximum absolute atomic E-state index is 12.6. The highest BCUT2D eigenvalue weighted by Crippen LogP contribution is 2.32. The molecule has 0 saturated carbocycles. The lowest BCUT2D eigenvalue weighted by Gasteiger charge is -2.14. The van der Waals surface area contributed by atoms with Gasteiger partial charge in [0.25, 0.3) is 11.1 Å². The van der Waals surface area contributed by atoms with E-state index in [1.165, 1.54) is 7.11 Å². The van der Waals surface area contributed by atoms with Crippen LogP contribution in [0.3, 0.4) is 0 Å². The summed E-state index contributed by atoms with van der Waals surface area (Å²) in [6.45, 7) is 2.29. The lowest BCUT2D eigenvalue weighted by Crippen LogP contribution is -2.36. The average Bonchev–Trinajstić information content (AvgIpc) is 3.01. The fraction of sp³-hybridized carbons (Fsp3) is 0.227. The number of methoxy groups -OCH3 is 1. The van der Waals surface area contributed by atoms with Gasteiger partial charge in [0.15, 0.2) is 0 Å². The lowest BCUT2D eigenvalue weighted by atomic mass is 10.2. The van der Waals surface area contributed by atoms with Gasteiger partial charge in [-0.25, -0.2) is 0 Å². The number of nitrogens with one attached hydrogen (secondary N) is 1. The van der Waals surface area contributed by atoms with E-state index in [4.69, 9.17) is 9.47 Å². The van der Waals surface area contributed by atoms with Crippen molar-refractivity contribution >= 4 is 40.6 Å². The molecule has 0 radical (unpaired) electrons. The Morgan fingerprint density at radius 3 is 2.57 bits per heavy atom. The number of rotatable bonds is 8. The number of para-hydroxylation sites is 2. The van der Waals surface area contributed by atoms with Crippen molar-refractivity contribution in [1.29, 1.82) is 0 Å². The molecule has 1 aliphatic heterocycles. The number of imide groups is 1. The minimum atomic E-state index is -0.494. The summed E-state index contributed by atoms with van der Waals surface area (Å²) < 4.78 is 10.7. The molecule has 1 aliphatic rings. The number of hydrogen-bond acceptors (Lipinski definition) is 6. The molecule has 30 heavy (non-hydrogen) atoms. The average molecular weight is 426 g/mol. The molecule has 1 heterocycles. The highest BCUT2D eigenvalue weighted by molar-refractivity contribution is 8.18. The predicted molar refractivity (Wildman–Crippen MR) is 117 cm³/mol. The predicted octanol–water partition coefficient (Wildman–Crippen LogP) is 4.16. The molecule has 0 unspecified atom stereocenters. The molecule has 1 fully saturated rings. The van der Waals surface area contributed by atoms with Crippen molar-refractivity contribution in [2.45, 2.75) is 13.3 Å². The zero-order valence-electron chi connectivity index (χ0n) is 16.7. The largest absolute Gasteiger partial charge is 0.495 e. The summed E-state index contributed by atoms with van der Waals surface area (Å²) in [6, 6.07) is 14.2. The van der Waals surface area contributed by atoms with Crippen LogP contribution in [0.2, 0.25) is 0 Å². The number of anilines is 1. The monoisotopic (exact) mass is 426 g/mol. The van der Waals surface area contributed by atoms with Gasteiger partial charge in [-0.3, -0.25) is 19.3 Å². The van der Waals surface area contributed by atoms with E-state index in [1.807, 2.05) is 31.2 Å². The molecule has 156 valence electrons. The summed E-state index contributed by atoms with van der Waals surface area (Å²) in [4.78, 5) is 38.5. The zero-order chi connectivity index (χ0) is 21.5. The zero-order valence-corrected chi connectivity index (χ0v) is 17.5. The van der Waals surface area contributed by atoms with Gasteiger partial charge in [-0.2, -0.15) is 0 Å². The summed E-state index contributed by atoms with van der Waals surface area (Å²) in [5.74, 6) is 0.258. The molecule has 0 aromatic heterocycles. The number of carbonyl (C=O) groups is 3. The Morgan fingerprint density at radius 1 is 1.13 bits per heavy atom. The minimum Gasteiger partial charge on any atom is -0.495 e. The molecule has 0 atom stereocenters. The maximum atomic E-state index is 12.6. The Balaban J connectivity index is 1.65. The van der Waals surface area contributed by atoms with Gasteiger partial charge < -0.3 is 14.8 Å². The van der Waals surface area contributed by atoms with E-state index in [-0.39, 0.29) is 11.4 Å². The number of ether oxygens (including phenoxy) is 2. The molecule has 3 rings (SSSR count). The second-order valence-corrected chi connectivity index (χ2v) is 7.43. The Morgan fingerprint density at radius 2 is 1.87 bits per heavy atom. The van der Waals surface area contributed by atoms with Crippen molar-refractivity contribution in [3.8, 4) is 11.5 Å². The van der Waals surface area contributed by atoms with Crippen LogP contribution in [0.5, 0.6) is 11.5 Å². The SMILES string of the molecule is CCCOc1ccc(/C=C2\SC(=O)N(CC(=O)Nc3ccccc3OC)C2=O)cc1. The first-order valence-corrected chi connectivity index (χ1v) is 10.2. The third-order valence-electron chi connectivity index (χ3n) is 4.21. The summed E-state index contributed by atoms with van der Waals surface area (Å²) in [6.07, 6.45) is 2.55. The number of nitrogens with zero attached hydrogens (tertiary/aromatic N) is 1. The van der Waals surface area contributed by atoms with Crippen molar-refractivity contribution in [2.75, 3.05) is 25.6 Å². The smallest absolute Gasteiger partial charge is 0.294 e. The van der Waals surface area contributed by atoms with Crippen molar-refractivity contribution < 1.29 is 23.9 Å². The van der Waals surface area contributed by atoms with Crippen LogP contribution in [-0.4, -0.2) is 42.2 Å². The van der Waals surface area contributed by atoms with Crippen LogP contribution in [0.4, 0.5) is 10.5 Å². The molecule has 0 spiro atoms. The normalized spacial score (nSPS) is 14.9. The standard InChI is InChI=1S/C22H22N2O5S/c1-3-12-29-16-10-8-15(9-11-16)13-19-21(26)24(22(27)30-19)14-20(25)23-17-6-4-5-7-18(17)28-2/h4-11,13H,3,12,14H2,1-2H3,(H,23,25)/b19-13-. The van der Waals surface area contributed by atoms with Crippen LogP contribution in [0.25, 0.3) is 6.08 Å². The van der Waals surface area contributed by atoms with E-state index in [9.17, 15) is 14.4 Å².